The maximum atomic E-state index is 12.9. The van der Waals surface area contributed by atoms with Gasteiger partial charge in [0.2, 0.25) is 11.8 Å². The van der Waals surface area contributed by atoms with Crippen LogP contribution in [0.2, 0.25) is 0 Å². The van der Waals surface area contributed by atoms with Gasteiger partial charge in [0.15, 0.2) is 5.82 Å². The predicted octanol–water partition coefficient (Wildman–Crippen LogP) is 1.89. The van der Waals surface area contributed by atoms with Gasteiger partial charge < -0.3 is 14.2 Å². The number of carbonyl (C=O) groups excluding carboxylic acids is 1. The zero-order chi connectivity index (χ0) is 17.6. The molecule has 1 aliphatic rings. The van der Waals surface area contributed by atoms with E-state index in [0.717, 1.165) is 25.1 Å². The van der Waals surface area contributed by atoms with Gasteiger partial charge in [-0.25, -0.2) is 0 Å². The summed E-state index contributed by atoms with van der Waals surface area (Å²) in [4.78, 5) is 21.1. The molecule has 1 amide bonds. The zero-order valence-corrected chi connectivity index (χ0v) is 14.7. The van der Waals surface area contributed by atoms with Crippen LogP contribution in [0.15, 0.2) is 34.9 Å². The largest absolute Gasteiger partial charge is 0.384 e. The summed E-state index contributed by atoms with van der Waals surface area (Å²) in [5.74, 6) is 1.28. The fourth-order valence-electron chi connectivity index (χ4n) is 3.10. The number of piperidine rings is 1. The van der Waals surface area contributed by atoms with E-state index in [1.807, 2.05) is 47.2 Å². The molecular weight excluding hydrogens is 320 g/mol. The molecule has 0 radical (unpaired) electrons. The Labute approximate surface area is 147 Å². The van der Waals surface area contributed by atoms with Gasteiger partial charge in [-0.2, -0.15) is 4.98 Å². The van der Waals surface area contributed by atoms with Gasteiger partial charge in [-0.15, -0.1) is 0 Å². The second-order valence-electron chi connectivity index (χ2n) is 6.25. The summed E-state index contributed by atoms with van der Waals surface area (Å²) in [7, 11) is 3.57. The van der Waals surface area contributed by atoms with E-state index in [1.54, 1.807) is 7.11 Å². The van der Waals surface area contributed by atoms with E-state index in [-0.39, 0.29) is 11.9 Å². The molecule has 25 heavy (non-hydrogen) atoms. The summed E-state index contributed by atoms with van der Waals surface area (Å²) in [6, 6.07) is 9.63. The number of carbonyl (C=O) groups is 1. The van der Waals surface area contributed by atoms with E-state index in [4.69, 9.17) is 9.26 Å². The Morgan fingerprint density at radius 1 is 1.36 bits per heavy atom. The quantitative estimate of drug-likeness (QED) is 0.764. The van der Waals surface area contributed by atoms with Gasteiger partial charge in [0.25, 0.3) is 0 Å². The van der Waals surface area contributed by atoms with Crippen LogP contribution in [0.5, 0.6) is 0 Å². The molecule has 2 heterocycles. The van der Waals surface area contributed by atoms with Crippen LogP contribution in [-0.2, 0) is 22.5 Å². The third-order valence-corrected chi connectivity index (χ3v) is 4.43. The normalized spacial score (nSPS) is 18.1. The van der Waals surface area contributed by atoms with Gasteiger partial charge in [0, 0.05) is 25.8 Å². The lowest BCUT2D eigenvalue weighted by molar-refractivity contribution is -0.125. The van der Waals surface area contributed by atoms with Crippen molar-refractivity contribution < 1.29 is 14.1 Å². The van der Waals surface area contributed by atoms with Crippen LogP contribution in [-0.4, -0.2) is 54.3 Å². The molecule has 7 nitrogen and oxygen atoms in total. The molecule has 1 aromatic carbocycles. The van der Waals surface area contributed by atoms with Gasteiger partial charge in [-0.1, -0.05) is 23.4 Å². The Balaban J connectivity index is 1.64. The van der Waals surface area contributed by atoms with E-state index in [1.165, 1.54) is 0 Å². The Bertz CT molecular complexity index is 689. The van der Waals surface area contributed by atoms with Crippen molar-refractivity contribution in [1.82, 2.24) is 15.0 Å². The summed E-state index contributed by atoms with van der Waals surface area (Å²) in [6.07, 6.45) is 2.43. The summed E-state index contributed by atoms with van der Waals surface area (Å²) >= 11 is 0. The van der Waals surface area contributed by atoms with Crippen LogP contribution in [0.3, 0.4) is 0 Å². The van der Waals surface area contributed by atoms with Crippen LogP contribution < -0.4 is 4.90 Å². The highest BCUT2D eigenvalue weighted by atomic mass is 16.5. The van der Waals surface area contributed by atoms with Crippen molar-refractivity contribution in [2.24, 2.45) is 0 Å². The Morgan fingerprint density at radius 3 is 2.92 bits per heavy atom. The van der Waals surface area contributed by atoms with Crippen LogP contribution in [0.1, 0.15) is 24.6 Å². The highest BCUT2D eigenvalue weighted by molar-refractivity contribution is 5.97. The van der Waals surface area contributed by atoms with Crippen LogP contribution >= 0.6 is 0 Å². The summed E-state index contributed by atoms with van der Waals surface area (Å²) in [6.45, 7) is 1.77. The minimum atomic E-state index is -0.178. The number of benzene rings is 1. The average Bonchev–Trinajstić information content (AvgIpc) is 3.08. The highest BCUT2D eigenvalue weighted by Crippen LogP contribution is 2.23. The molecule has 1 fully saturated rings. The summed E-state index contributed by atoms with van der Waals surface area (Å²) in [5.41, 5.74) is 0.949. The number of aromatic nitrogens is 2. The maximum absolute atomic E-state index is 12.9. The molecule has 1 atom stereocenters. The number of amides is 1. The number of para-hydroxylation sites is 1. The lowest BCUT2D eigenvalue weighted by Gasteiger charge is -2.36. The number of anilines is 1. The standard InChI is InChI=1S/C18H24N4O3/c1-21(13-17-19-16(20-25-17)10-12-24-2)15-9-6-11-22(18(15)23)14-7-4-3-5-8-14/h3-5,7-8,15H,6,9-13H2,1-2H3/t15-/m0/s1. The molecule has 0 saturated carbocycles. The molecule has 7 heteroatoms. The molecule has 1 aliphatic heterocycles. The number of methoxy groups -OCH3 is 1. The number of rotatable bonds is 7. The Morgan fingerprint density at radius 2 is 2.16 bits per heavy atom. The van der Waals surface area contributed by atoms with Crippen molar-refractivity contribution in [1.29, 1.82) is 0 Å². The van der Waals surface area contributed by atoms with Crippen LogP contribution in [0.4, 0.5) is 5.69 Å². The number of hydrogen-bond donors (Lipinski definition) is 0. The lowest BCUT2D eigenvalue weighted by Crippen LogP contribution is -2.51. The van der Waals surface area contributed by atoms with Crippen molar-refractivity contribution in [2.75, 3.05) is 32.2 Å². The van der Waals surface area contributed by atoms with E-state index in [9.17, 15) is 4.79 Å². The fraction of sp³-hybridized carbons (Fsp3) is 0.500. The van der Waals surface area contributed by atoms with Crippen LogP contribution in [0.25, 0.3) is 0 Å². The smallest absolute Gasteiger partial charge is 0.244 e. The van der Waals surface area contributed by atoms with Gasteiger partial charge in [-0.3, -0.25) is 9.69 Å². The molecule has 1 saturated heterocycles. The van der Waals surface area contributed by atoms with Crippen LogP contribution in [0, 0.1) is 0 Å². The van der Waals surface area contributed by atoms with Gasteiger partial charge >= 0.3 is 0 Å². The predicted molar refractivity (Wildman–Crippen MR) is 93.2 cm³/mol. The minimum Gasteiger partial charge on any atom is -0.384 e. The second-order valence-corrected chi connectivity index (χ2v) is 6.25. The fourth-order valence-corrected chi connectivity index (χ4v) is 3.10. The van der Waals surface area contributed by atoms with Crippen molar-refractivity contribution >= 4 is 11.6 Å². The molecule has 134 valence electrons. The average molecular weight is 344 g/mol. The van der Waals surface area contributed by atoms with E-state index in [0.29, 0.717) is 31.3 Å². The monoisotopic (exact) mass is 344 g/mol. The third kappa shape index (κ3) is 4.24. The first-order chi connectivity index (χ1) is 12.2. The van der Waals surface area contributed by atoms with Crippen molar-refractivity contribution in [2.45, 2.75) is 31.8 Å². The Hall–Kier alpha value is -2.25. The molecule has 0 N–H and O–H groups in total. The van der Waals surface area contributed by atoms with Gasteiger partial charge in [-0.05, 0) is 32.0 Å². The first-order valence-corrected chi connectivity index (χ1v) is 8.56. The molecule has 1 aromatic heterocycles. The molecular formula is C18H24N4O3. The lowest BCUT2D eigenvalue weighted by atomic mass is 10.0. The maximum Gasteiger partial charge on any atom is 0.244 e. The molecule has 0 unspecified atom stereocenters. The third-order valence-electron chi connectivity index (χ3n) is 4.43. The summed E-state index contributed by atoms with van der Waals surface area (Å²) < 4.78 is 10.3. The summed E-state index contributed by atoms with van der Waals surface area (Å²) in [5, 5.41) is 3.95. The topological polar surface area (TPSA) is 71.7 Å². The first kappa shape index (κ1) is 17.6. The molecule has 0 aliphatic carbocycles. The number of ether oxygens (including phenoxy) is 1. The molecule has 0 bridgehead atoms. The second kappa shape index (κ2) is 8.22. The molecule has 3 rings (SSSR count). The number of likely N-dealkylation sites (N-methyl/N-ethyl adjacent to an activating group) is 1. The van der Waals surface area contributed by atoms with Gasteiger partial charge in [0.05, 0.1) is 19.2 Å². The SMILES string of the molecule is COCCc1noc(CN(C)[C@H]2CCCN(c3ccccc3)C2=O)n1. The Kier molecular flexibility index (Phi) is 5.78. The van der Waals surface area contributed by atoms with E-state index < -0.39 is 0 Å². The van der Waals surface area contributed by atoms with E-state index in [2.05, 4.69) is 10.1 Å². The van der Waals surface area contributed by atoms with Gasteiger partial charge in [0.1, 0.15) is 0 Å². The first-order valence-electron chi connectivity index (χ1n) is 8.56. The van der Waals surface area contributed by atoms with Crippen molar-refractivity contribution in [3.63, 3.8) is 0 Å². The van der Waals surface area contributed by atoms with E-state index >= 15 is 0 Å². The highest BCUT2D eigenvalue weighted by Gasteiger charge is 2.33. The minimum absolute atomic E-state index is 0.124. The zero-order valence-electron chi connectivity index (χ0n) is 14.7. The number of hydrogen-bond acceptors (Lipinski definition) is 6. The molecule has 0 spiro atoms. The van der Waals surface area contributed by atoms with Crippen molar-refractivity contribution in [3.8, 4) is 0 Å². The van der Waals surface area contributed by atoms with Crippen molar-refractivity contribution in [3.05, 3.63) is 42.0 Å². The number of nitrogens with zero attached hydrogens (tertiary/aromatic N) is 4. The molecule has 2 aromatic rings.